The highest BCUT2D eigenvalue weighted by atomic mass is 32.1. The Bertz CT molecular complexity index is 766. The fourth-order valence-electron chi connectivity index (χ4n) is 3.30. The standard InChI is InChI=1S/C18H22N4O3S/c1-25-15-5-3-2-4-12(15)13-9-20-16(22-18(19)24)8-14(13)21-17(23)11-6-7-26-10-11/h2-7,10,13-14,16,20H,8-9H2,1H3,(H,21,23)(H3,19,22,24). The summed E-state index contributed by atoms with van der Waals surface area (Å²) < 4.78 is 5.49. The van der Waals surface area contributed by atoms with Crippen LogP contribution in [0.25, 0.3) is 0 Å². The molecule has 26 heavy (non-hydrogen) atoms. The van der Waals surface area contributed by atoms with Crippen LogP contribution in [0.5, 0.6) is 5.75 Å². The maximum atomic E-state index is 12.6. The van der Waals surface area contributed by atoms with E-state index >= 15 is 0 Å². The van der Waals surface area contributed by atoms with Crippen molar-refractivity contribution in [2.45, 2.75) is 24.5 Å². The van der Waals surface area contributed by atoms with Crippen LogP contribution in [0.15, 0.2) is 41.1 Å². The van der Waals surface area contributed by atoms with Gasteiger partial charge < -0.3 is 21.1 Å². The van der Waals surface area contributed by atoms with Gasteiger partial charge in [0.1, 0.15) is 5.75 Å². The van der Waals surface area contributed by atoms with Gasteiger partial charge in [0.05, 0.1) is 13.3 Å². The van der Waals surface area contributed by atoms with E-state index < -0.39 is 6.03 Å². The number of para-hydroxylation sites is 1. The highest BCUT2D eigenvalue weighted by molar-refractivity contribution is 7.08. The molecule has 3 rings (SSSR count). The van der Waals surface area contributed by atoms with E-state index in [2.05, 4.69) is 16.0 Å². The second-order valence-corrected chi connectivity index (χ2v) is 6.93. The molecule has 0 aliphatic carbocycles. The van der Waals surface area contributed by atoms with Crippen LogP contribution >= 0.6 is 11.3 Å². The zero-order chi connectivity index (χ0) is 18.5. The van der Waals surface area contributed by atoms with Crippen molar-refractivity contribution in [1.29, 1.82) is 0 Å². The van der Waals surface area contributed by atoms with Crippen LogP contribution in [-0.4, -0.2) is 37.8 Å². The summed E-state index contributed by atoms with van der Waals surface area (Å²) in [5.74, 6) is 0.644. The van der Waals surface area contributed by atoms with Gasteiger partial charge in [-0.2, -0.15) is 11.3 Å². The van der Waals surface area contributed by atoms with E-state index in [0.29, 0.717) is 18.5 Å². The van der Waals surface area contributed by atoms with Crippen molar-refractivity contribution in [3.8, 4) is 5.75 Å². The maximum absolute atomic E-state index is 12.6. The van der Waals surface area contributed by atoms with Gasteiger partial charge in [0.25, 0.3) is 5.91 Å². The second-order valence-electron chi connectivity index (χ2n) is 6.15. The van der Waals surface area contributed by atoms with E-state index in [1.807, 2.05) is 35.0 Å². The fraction of sp³-hybridized carbons (Fsp3) is 0.333. The number of rotatable bonds is 5. The normalized spacial score (nSPS) is 22.4. The molecule has 1 aromatic heterocycles. The Morgan fingerprint density at radius 2 is 2.08 bits per heavy atom. The lowest BCUT2D eigenvalue weighted by atomic mass is 9.85. The highest BCUT2D eigenvalue weighted by Crippen LogP contribution is 2.32. The van der Waals surface area contributed by atoms with Crippen molar-refractivity contribution in [2.24, 2.45) is 5.73 Å². The summed E-state index contributed by atoms with van der Waals surface area (Å²) in [5.41, 5.74) is 6.88. The second kappa shape index (κ2) is 8.20. The Balaban J connectivity index is 1.83. The van der Waals surface area contributed by atoms with E-state index in [4.69, 9.17) is 10.5 Å². The summed E-state index contributed by atoms with van der Waals surface area (Å²) in [6.45, 7) is 0.569. The van der Waals surface area contributed by atoms with Crippen LogP contribution in [-0.2, 0) is 0 Å². The third kappa shape index (κ3) is 4.14. The number of benzene rings is 1. The fourth-order valence-corrected chi connectivity index (χ4v) is 3.94. The van der Waals surface area contributed by atoms with Gasteiger partial charge in [0.2, 0.25) is 0 Å². The Hall–Kier alpha value is -2.58. The monoisotopic (exact) mass is 374 g/mol. The number of amides is 3. The molecule has 0 radical (unpaired) electrons. The van der Waals surface area contributed by atoms with Crippen LogP contribution in [0.2, 0.25) is 0 Å². The zero-order valence-corrected chi connectivity index (χ0v) is 15.2. The number of thiophene rings is 1. The number of methoxy groups -OCH3 is 1. The minimum atomic E-state index is -0.596. The third-order valence-electron chi connectivity index (χ3n) is 4.51. The first-order chi connectivity index (χ1) is 12.6. The molecule has 2 aromatic rings. The lowest BCUT2D eigenvalue weighted by Gasteiger charge is -2.38. The summed E-state index contributed by atoms with van der Waals surface area (Å²) in [7, 11) is 1.63. The van der Waals surface area contributed by atoms with Gasteiger partial charge in [0, 0.05) is 41.4 Å². The molecule has 2 heterocycles. The van der Waals surface area contributed by atoms with E-state index in [1.54, 1.807) is 13.2 Å². The third-order valence-corrected chi connectivity index (χ3v) is 5.20. The lowest BCUT2D eigenvalue weighted by Crippen LogP contribution is -2.58. The van der Waals surface area contributed by atoms with Crippen molar-refractivity contribution in [2.75, 3.05) is 13.7 Å². The molecule has 138 valence electrons. The number of hydrogen-bond acceptors (Lipinski definition) is 5. The van der Waals surface area contributed by atoms with E-state index in [9.17, 15) is 9.59 Å². The summed E-state index contributed by atoms with van der Waals surface area (Å²) in [4.78, 5) is 23.8. The lowest BCUT2D eigenvalue weighted by molar-refractivity contribution is 0.0915. The number of ether oxygens (including phenoxy) is 1. The molecule has 0 spiro atoms. The average molecular weight is 374 g/mol. The molecule has 1 saturated heterocycles. The van der Waals surface area contributed by atoms with Crippen LogP contribution in [0.4, 0.5) is 4.79 Å². The van der Waals surface area contributed by atoms with Crippen LogP contribution in [0.3, 0.4) is 0 Å². The minimum absolute atomic E-state index is 0.000313. The summed E-state index contributed by atoms with van der Waals surface area (Å²) in [5, 5.41) is 12.7. The summed E-state index contributed by atoms with van der Waals surface area (Å²) >= 11 is 1.48. The molecule has 1 aliphatic heterocycles. The Morgan fingerprint density at radius 1 is 1.27 bits per heavy atom. The smallest absolute Gasteiger partial charge is 0.313 e. The number of urea groups is 1. The first-order valence-corrected chi connectivity index (χ1v) is 9.28. The Kier molecular flexibility index (Phi) is 5.75. The van der Waals surface area contributed by atoms with Gasteiger partial charge >= 0.3 is 6.03 Å². The van der Waals surface area contributed by atoms with Crippen LogP contribution < -0.4 is 26.4 Å². The first-order valence-electron chi connectivity index (χ1n) is 8.34. The molecule has 7 nitrogen and oxygen atoms in total. The topological polar surface area (TPSA) is 105 Å². The molecule has 8 heteroatoms. The maximum Gasteiger partial charge on any atom is 0.313 e. The molecular formula is C18H22N4O3S. The summed E-state index contributed by atoms with van der Waals surface area (Å²) in [6, 6.07) is 8.77. The average Bonchev–Trinajstić information content (AvgIpc) is 3.16. The van der Waals surface area contributed by atoms with Gasteiger partial charge in [-0.3, -0.25) is 10.1 Å². The number of carbonyl (C=O) groups excluding carboxylic acids is 2. The van der Waals surface area contributed by atoms with E-state index in [0.717, 1.165) is 11.3 Å². The number of primary amides is 1. The van der Waals surface area contributed by atoms with Gasteiger partial charge in [0.15, 0.2) is 0 Å². The number of nitrogens with two attached hydrogens (primary N) is 1. The first kappa shape index (κ1) is 18.2. The molecule has 1 aromatic carbocycles. The molecule has 3 amide bonds. The zero-order valence-electron chi connectivity index (χ0n) is 14.4. The summed E-state index contributed by atoms with van der Waals surface area (Å²) in [6.07, 6.45) is 0.216. The molecule has 0 saturated carbocycles. The quantitative estimate of drug-likeness (QED) is 0.638. The van der Waals surface area contributed by atoms with Gasteiger partial charge in [-0.25, -0.2) is 4.79 Å². The van der Waals surface area contributed by atoms with Gasteiger partial charge in [-0.15, -0.1) is 0 Å². The predicted octanol–water partition coefficient (Wildman–Crippen LogP) is 1.63. The van der Waals surface area contributed by atoms with Crippen molar-refractivity contribution in [3.05, 3.63) is 52.2 Å². The molecule has 3 unspecified atom stereocenters. The van der Waals surface area contributed by atoms with Gasteiger partial charge in [-0.1, -0.05) is 18.2 Å². The molecule has 0 bridgehead atoms. The number of piperidine rings is 1. The van der Waals surface area contributed by atoms with E-state index in [-0.39, 0.29) is 24.0 Å². The van der Waals surface area contributed by atoms with Crippen molar-refractivity contribution in [1.82, 2.24) is 16.0 Å². The number of nitrogens with one attached hydrogen (secondary N) is 3. The number of carbonyl (C=O) groups is 2. The molecule has 1 aliphatic rings. The molecular weight excluding hydrogens is 352 g/mol. The minimum Gasteiger partial charge on any atom is -0.496 e. The Labute approximate surface area is 155 Å². The highest BCUT2D eigenvalue weighted by Gasteiger charge is 2.34. The van der Waals surface area contributed by atoms with E-state index in [1.165, 1.54) is 11.3 Å². The van der Waals surface area contributed by atoms with Crippen molar-refractivity contribution in [3.63, 3.8) is 0 Å². The Morgan fingerprint density at radius 3 is 2.77 bits per heavy atom. The molecule has 1 fully saturated rings. The van der Waals surface area contributed by atoms with Crippen molar-refractivity contribution >= 4 is 23.3 Å². The van der Waals surface area contributed by atoms with Gasteiger partial charge in [-0.05, 0) is 17.5 Å². The van der Waals surface area contributed by atoms with Crippen molar-refractivity contribution < 1.29 is 14.3 Å². The molecule has 5 N–H and O–H groups in total. The molecule has 3 atom stereocenters. The van der Waals surface area contributed by atoms with Crippen LogP contribution in [0, 0.1) is 0 Å². The SMILES string of the molecule is COc1ccccc1C1CNC(NC(N)=O)CC1NC(=O)c1ccsc1. The number of hydrogen-bond donors (Lipinski definition) is 4. The predicted molar refractivity (Wildman–Crippen MR) is 100 cm³/mol. The largest absolute Gasteiger partial charge is 0.496 e. The van der Waals surface area contributed by atoms with Crippen LogP contribution in [0.1, 0.15) is 28.3 Å².